The first-order valence-electron chi connectivity index (χ1n) is 8.65. The summed E-state index contributed by atoms with van der Waals surface area (Å²) < 4.78 is 0. The molecule has 5 heteroatoms. The summed E-state index contributed by atoms with van der Waals surface area (Å²) in [6.07, 6.45) is 9.29. The van der Waals surface area contributed by atoms with Gasteiger partial charge in [-0.15, -0.1) is 0 Å². The fourth-order valence-corrected chi connectivity index (χ4v) is 3.32. The molecule has 2 heterocycles. The van der Waals surface area contributed by atoms with Crippen LogP contribution in [0.2, 0.25) is 0 Å². The summed E-state index contributed by atoms with van der Waals surface area (Å²) in [7, 11) is 0. The van der Waals surface area contributed by atoms with Gasteiger partial charge in [0.15, 0.2) is 0 Å². The molecule has 0 bridgehead atoms. The summed E-state index contributed by atoms with van der Waals surface area (Å²) in [4.78, 5) is 32.9. The number of carbonyl (C=O) groups is 2. The van der Waals surface area contributed by atoms with Crippen molar-refractivity contribution in [1.82, 2.24) is 14.8 Å². The van der Waals surface area contributed by atoms with Crippen molar-refractivity contribution in [2.24, 2.45) is 0 Å². The van der Waals surface area contributed by atoms with Gasteiger partial charge in [0.2, 0.25) is 11.8 Å². The Kier molecular flexibility index (Phi) is 4.94. The molecule has 23 heavy (non-hydrogen) atoms. The standard InChI is InChI=1S/C18H25N3O2/c1-14(15-6-5-10-19-12-15)21(16-8-9-16)18(23)13-20-11-4-2-3-7-17(20)22/h5-6,10,12,14,16H,2-4,7-9,11,13H2,1H3. The van der Waals surface area contributed by atoms with Crippen LogP contribution < -0.4 is 0 Å². The molecular formula is C18H25N3O2. The van der Waals surface area contributed by atoms with Gasteiger partial charge in [-0.25, -0.2) is 0 Å². The molecule has 1 saturated heterocycles. The van der Waals surface area contributed by atoms with Gasteiger partial charge in [0.05, 0.1) is 12.6 Å². The lowest BCUT2D eigenvalue weighted by molar-refractivity contribution is -0.142. The van der Waals surface area contributed by atoms with Crippen LogP contribution in [-0.4, -0.2) is 45.7 Å². The molecule has 1 aromatic rings. The van der Waals surface area contributed by atoms with Crippen molar-refractivity contribution in [3.63, 3.8) is 0 Å². The Morgan fingerprint density at radius 2 is 2.22 bits per heavy atom. The molecule has 0 N–H and O–H groups in total. The van der Waals surface area contributed by atoms with Crippen molar-refractivity contribution in [2.45, 2.75) is 57.5 Å². The van der Waals surface area contributed by atoms with Crippen molar-refractivity contribution in [1.29, 1.82) is 0 Å². The highest BCUT2D eigenvalue weighted by Crippen LogP contribution is 2.34. The number of nitrogens with zero attached hydrogens (tertiary/aromatic N) is 3. The van der Waals surface area contributed by atoms with Crippen LogP contribution in [-0.2, 0) is 9.59 Å². The van der Waals surface area contributed by atoms with Crippen LogP contribution in [0.1, 0.15) is 57.1 Å². The molecule has 1 aliphatic carbocycles. The largest absolute Gasteiger partial charge is 0.333 e. The molecule has 1 aromatic heterocycles. The monoisotopic (exact) mass is 315 g/mol. The number of amides is 2. The predicted molar refractivity (Wildman–Crippen MR) is 87.6 cm³/mol. The molecule has 0 spiro atoms. The molecule has 1 saturated carbocycles. The molecule has 0 radical (unpaired) electrons. The molecule has 3 rings (SSSR count). The van der Waals surface area contributed by atoms with Crippen molar-refractivity contribution in [3.8, 4) is 0 Å². The number of rotatable bonds is 5. The Morgan fingerprint density at radius 3 is 2.91 bits per heavy atom. The van der Waals surface area contributed by atoms with Gasteiger partial charge < -0.3 is 9.80 Å². The number of pyridine rings is 1. The normalized spacial score (nSPS) is 20.0. The summed E-state index contributed by atoms with van der Waals surface area (Å²) in [5.74, 6) is 0.194. The van der Waals surface area contributed by atoms with Gasteiger partial charge in [0, 0.05) is 31.4 Å². The van der Waals surface area contributed by atoms with Gasteiger partial charge in [0.1, 0.15) is 0 Å². The van der Waals surface area contributed by atoms with E-state index in [0.717, 1.165) is 37.7 Å². The molecule has 1 aliphatic heterocycles. The molecule has 0 aromatic carbocycles. The lowest BCUT2D eigenvalue weighted by atomic mass is 10.1. The van der Waals surface area contributed by atoms with Crippen molar-refractivity contribution in [2.75, 3.05) is 13.1 Å². The van der Waals surface area contributed by atoms with Crippen LogP contribution in [0.15, 0.2) is 24.5 Å². The second-order valence-electron chi connectivity index (χ2n) is 6.62. The quantitative estimate of drug-likeness (QED) is 0.839. The van der Waals surface area contributed by atoms with Crippen LogP contribution in [0.4, 0.5) is 0 Å². The summed E-state index contributed by atoms with van der Waals surface area (Å²) >= 11 is 0. The van der Waals surface area contributed by atoms with E-state index in [1.807, 2.05) is 23.2 Å². The summed E-state index contributed by atoms with van der Waals surface area (Å²) in [5, 5.41) is 0. The highest BCUT2D eigenvalue weighted by Gasteiger charge is 2.37. The summed E-state index contributed by atoms with van der Waals surface area (Å²) in [5.41, 5.74) is 1.05. The van der Waals surface area contributed by atoms with E-state index >= 15 is 0 Å². The fraction of sp³-hybridized carbons (Fsp3) is 0.611. The maximum atomic E-state index is 12.9. The number of carbonyl (C=O) groups excluding carboxylic acids is 2. The highest BCUT2D eigenvalue weighted by molar-refractivity contribution is 5.85. The van der Waals surface area contributed by atoms with Crippen LogP contribution in [0, 0.1) is 0 Å². The second kappa shape index (κ2) is 7.11. The van der Waals surface area contributed by atoms with Gasteiger partial charge >= 0.3 is 0 Å². The first-order chi connectivity index (χ1) is 11.2. The van der Waals surface area contributed by atoms with Gasteiger partial charge in [-0.05, 0) is 44.2 Å². The zero-order valence-electron chi connectivity index (χ0n) is 13.8. The summed E-state index contributed by atoms with van der Waals surface area (Å²) in [6.45, 7) is 2.99. The molecule has 1 unspecified atom stereocenters. The SMILES string of the molecule is CC(c1cccnc1)N(C(=O)CN1CCCCCC1=O)C1CC1. The van der Waals surface area contributed by atoms with Gasteiger partial charge in [0.25, 0.3) is 0 Å². The molecule has 2 amide bonds. The van der Waals surface area contributed by atoms with Gasteiger partial charge in [-0.3, -0.25) is 14.6 Å². The predicted octanol–water partition coefficient (Wildman–Crippen LogP) is 2.54. The smallest absolute Gasteiger partial charge is 0.242 e. The van der Waals surface area contributed by atoms with Crippen molar-refractivity contribution < 1.29 is 9.59 Å². The van der Waals surface area contributed by atoms with E-state index in [1.54, 1.807) is 11.1 Å². The molecular weight excluding hydrogens is 290 g/mol. The lowest BCUT2D eigenvalue weighted by Crippen LogP contribution is -2.44. The van der Waals surface area contributed by atoms with E-state index in [9.17, 15) is 9.59 Å². The third kappa shape index (κ3) is 3.89. The minimum atomic E-state index is 0.00535. The Bertz CT molecular complexity index is 557. The number of likely N-dealkylation sites (tertiary alicyclic amines) is 1. The lowest BCUT2D eigenvalue weighted by Gasteiger charge is -2.32. The Hall–Kier alpha value is -1.91. The first-order valence-corrected chi connectivity index (χ1v) is 8.65. The second-order valence-corrected chi connectivity index (χ2v) is 6.62. The maximum Gasteiger partial charge on any atom is 0.242 e. The summed E-state index contributed by atoms with van der Waals surface area (Å²) in [6, 6.07) is 4.24. The zero-order chi connectivity index (χ0) is 16.2. The topological polar surface area (TPSA) is 53.5 Å². The molecule has 124 valence electrons. The van der Waals surface area contributed by atoms with Crippen molar-refractivity contribution in [3.05, 3.63) is 30.1 Å². The third-order valence-electron chi connectivity index (χ3n) is 4.81. The minimum absolute atomic E-state index is 0.00535. The van der Waals surface area contributed by atoms with E-state index in [-0.39, 0.29) is 24.4 Å². The number of hydrogen-bond acceptors (Lipinski definition) is 3. The fourth-order valence-electron chi connectivity index (χ4n) is 3.32. The molecule has 2 aliphatic rings. The van der Waals surface area contributed by atoms with E-state index < -0.39 is 0 Å². The Balaban J connectivity index is 1.70. The van der Waals surface area contributed by atoms with Gasteiger partial charge in [-0.1, -0.05) is 12.5 Å². The highest BCUT2D eigenvalue weighted by atomic mass is 16.2. The average Bonchev–Trinajstić information content (AvgIpc) is 3.39. The van der Waals surface area contributed by atoms with E-state index in [1.165, 1.54) is 0 Å². The van der Waals surface area contributed by atoms with Crippen LogP contribution in [0.25, 0.3) is 0 Å². The zero-order valence-corrected chi connectivity index (χ0v) is 13.8. The van der Waals surface area contributed by atoms with Crippen LogP contribution in [0.5, 0.6) is 0 Å². The number of aromatic nitrogens is 1. The molecule has 1 atom stereocenters. The van der Waals surface area contributed by atoms with Crippen LogP contribution >= 0.6 is 0 Å². The Labute approximate surface area is 137 Å². The van der Waals surface area contributed by atoms with Gasteiger partial charge in [-0.2, -0.15) is 0 Å². The van der Waals surface area contributed by atoms with E-state index in [2.05, 4.69) is 11.9 Å². The Morgan fingerprint density at radius 1 is 1.39 bits per heavy atom. The third-order valence-corrected chi connectivity index (χ3v) is 4.81. The molecule has 2 fully saturated rings. The first kappa shape index (κ1) is 16.0. The number of hydrogen-bond donors (Lipinski definition) is 0. The van der Waals surface area contributed by atoms with E-state index in [4.69, 9.17) is 0 Å². The maximum absolute atomic E-state index is 12.9. The minimum Gasteiger partial charge on any atom is -0.333 e. The average molecular weight is 315 g/mol. The van der Waals surface area contributed by atoms with Crippen LogP contribution in [0.3, 0.4) is 0 Å². The van der Waals surface area contributed by atoms with E-state index in [0.29, 0.717) is 19.0 Å². The molecule has 5 nitrogen and oxygen atoms in total. The van der Waals surface area contributed by atoms with Crippen molar-refractivity contribution >= 4 is 11.8 Å².